The normalized spacial score (nSPS) is 16.0. The van der Waals surface area contributed by atoms with Gasteiger partial charge in [0.05, 0.1) is 13.1 Å². The third-order valence-electron chi connectivity index (χ3n) is 5.59. The van der Waals surface area contributed by atoms with Crippen molar-refractivity contribution in [1.29, 1.82) is 0 Å². The summed E-state index contributed by atoms with van der Waals surface area (Å²) in [5.74, 6) is -0.157. The van der Waals surface area contributed by atoms with Crippen LogP contribution in [0.5, 0.6) is 0 Å². The van der Waals surface area contributed by atoms with Crippen LogP contribution in [0.1, 0.15) is 61.4 Å². The van der Waals surface area contributed by atoms with E-state index in [0.29, 0.717) is 12.1 Å². The van der Waals surface area contributed by atoms with E-state index in [9.17, 15) is 14.7 Å². The van der Waals surface area contributed by atoms with Crippen molar-refractivity contribution in [2.75, 3.05) is 26.2 Å². The van der Waals surface area contributed by atoms with Gasteiger partial charge in [-0.3, -0.25) is 9.59 Å². The summed E-state index contributed by atoms with van der Waals surface area (Å²) in [6, 6.07) is 7.11. The highest BCUT2D eigenvalue weighted by Crippen LogP contribution is 2.38. The van der Waals surface area contributed by atoms with E-state index in [4.69, 9.17) is 5.73 Å². The summed E-state index contributed by atoms with van der Waals surface area (Å²) in [5, 5.41) is 18.7. The van der Waals surface area contributed by atoms with Gasteiger partial charge in [-0.2, -0.15) is 0 Å². The summed E-state index contributed by atoms with van der Waals surface area (Å²) in [7, 11) is 0. The quantitative estimate of drug-likeness (QED) is 0.289. The van der Waals surface area contributed by atoms with Crippen LogP contribution in [0.15, 0.2) is 29.3 Å². The Bertz CT molecular complexity index is 706. The van der Waals surface area contributed by atoms with E-state index in [1.54, 1.807) is 12.1 Å². The van der Waals surface area contributed by atoms with Crippen LogP contribution in [0.25, 0.3) is 0 Å². The van der Waals surface area contributed by atoms with Crippen molar-refractivity contribution in [1.82, 2.24) is 16.0 Å². The fourth-order valence-corrected chi connectivity index (χ4v) is 3.87. The van der Waals surface area contributed by atoms with Crippen LogP contribution >= 0.6 is 0 Å². The number of amides is 2. The summed E-state index contributed by atoms with van der Waals surface area (Å²) in [4.78, 5) is 27.4. The molecule has 2 rings (SSSR count). The summed E-state index contributed by atoms with van der Waals surface area (Å²) in [5.41, 5.74) is 6.63. The Kier molecular flexibility index (Phi) is 9.60. The number of carbonyl (C=O) groups is 2. The number of hydrogen-bond donors (Lipinski definition) is 5. The molecule has 0 aliphatic heterocycles. The summed E-state index contributed by atoms with van der Waals surface area (Å²) < 4.78 is 0. The van der Waals surface area contributed by atoms with Gasteiger partial charge < -0.3 is 26.8 Å². The number of aliphatic hydroxyl groups excluding tert-OH is 1. The number of primary amides is 1. The van der Waals surface area contributed by atoms with E-state index in [1.165, 1.54) is 19.3 Å². The second-order valence-corrected chi connectivity index (χ2v) is 7.93. The van der Waals surface area contributed by atoms with Gasteiger partial charge in [-0.15, -0.1) is 0 Å². The lowest BCUT2D eigenvalue weighted by Crippen LogP contribution is -2.44. The molecule has 1 aromatic carbocycles. The third kappa shape index (κ3) is 7.67. The molecule has 6 N–H and O–H groups in total. The highest BCUT2D eigenvalue weighted by atomic mass is 16.3. The number of nitrogens with two attached hydrogens (primary N) is 1. The molecule has 1 aliphatic rings. The Morgan fingerprint density at radius 2 is 1.80 bits per heavy atom. The zero-order valence-electron chi connectivity index (χ0n) is 17.9. The Morgan fingerprint density at radius 3 is 2.40 bits per heavy atom. The average Bonchev–Trinajstić information content (AvgIpc) is 2.75. The first-order valence-corrected chi connectivity index (χ1v) is 10.8. The van der Waals surface area contributed by atoms with Gasteiger partial charge in [-0.1, -0.05) is 31.4 Å². The van der Waals surface area contributed by atoms with Crippen LogP contribution in [0.3, 0.4) is 0 Å². The smallest absolute Gasteiger partial charge is 0.251 e. The number of benzene rings is 1. The molecule has 0 bridgehead atoms. The third-order valence-corrected chi connectivity index (χ3v) is 5.59. The van der Waals surface area contributed by atoms with Crippen molar-refractivity contribution < 1.29 is 14.7 Å². The molecule has 0 atom stereocenters. The zero-order valence-corrected chi connectivity index (χ0v) is 17.9. The Morgan fingerprint density at radius 1 is 1.10 bits per heavy atom. The van der Waals surface area contributed by atoms with Crippen molar-refractivity contribution in [2.45, 2.75) is 52.0 Å². The van der Waals surface area contributed by atoms with Gasteiger partial charge >= 0.3 is 0 Å². The molecule has 1 fully saturated rings. The summed E-state index contributed by atoms with van der Waals surface area (Å²) in [6.45, 7) is 4.11. The van der Waals surface area contributed by atoms with Gasteiger partial charge in [0, 0.05) is 25.3 Å². The Hall–Kier alpha value is -2.61. The van der Waals surface area contributed by atoms with E-state index in [1.807, 2.05) is 19.1 Å². The molecule has 166 valence electrons. The minimum absolute atomic E-state index is 0.142. The van der Waals surface area contributed by atoms with E-state index < -0.39 is 5.91 Å². The first kappa shape index (κ1) is 23.7. The first-order chi connectivity index (χ1) is 14.5. The van der Waals surface area contributed by atoms with Gasteiger partial charge in [0.15, 0.2) is 5.96 Å². The summed E-state index contributed by atoms with van der Waals surface area (Å²) >= 11 is 0. The first-order valence-electron chi connectivity index (χ1n) is 10.8. The highest BCUT2D eigenvalue weighted by Gasteiger charge is 2.31. The number of guanidine groups is 1. The van der Waals surface area contributed by atoms with Gasteiger partial charge in [0.2, 0.25) is 5.91 Å². The number of nitrogens with one attached hydrogen (secondary N) is 3. The molecule has 0 radical (unpaired) electrons. The minimum Gasteiger partial charge on any atom is -0.396 e. The second kappa shape index (κ2) is 12.2. The van der Waals surface area contributed by atoms with Crippen LogP contribution in [0.2, 0.25) is 0 Å². The lowest BCUT2D eigenvalue weighted by atomic mass is 9.72. The van der Waals surface area contributed by atoms with E-state index in [-0.39, 0.29) is 24.5 Å². The zero-order chi connectivity index (χ0) is 21.8. The molecule has 0 unspecified atom stereocenters. The Labute approximate surface area is 178 Å². The molecule has 0 aromatic heterocycles. The lowest BCUT2D eigenvalue weighted by molar-refractivity contribution is -0.117. The number of aliphatic hydroxyl groups is 1. The topological polar surface area (TPSA) is 129 Å². The molecule has 8 heteroatoms. The second-order valence-electron chi connectivity index (χ2n) is 7.93. The molecule has 2 amide bonds. The number of hydrogen-bond acceptors (Lipinski definition) is 4. The van der Waals surface area contributed by atoms with Crippen LogP contribution in [-0.2, 0) is 11.3 Å². The average molecular weight is 418 g/mol. The monoisotopic (exact) mass is 417 g/mol. The van der Waals surface area contributed by atoms with Crippen LogP contribution in [-0.4, -0.2) is 49.1 Å². The molecular weight excluding hydrogens is 382 g/mol. The fourth-order valence-electron chi connectivity index (χ4n) is 3.87. The maximum atomic E-state index is 11.9. The van der Waals surface area contributed by atoms with Crippen LogP contribution < -0.4 is 21.7 Å². The van der Waals surface area contributed by atoms with Crippen LogP contribution in [0, 0.1) is 5.41 Å². The number of aliphatic imine (C=N–C) groups is 1. The largest absolute Gasteiger partial charge is 0.396 e. The maximum absolute atomic E-state index is 11.9. The van der Waals surface area contributed by atoms with Gasteiger partial charge in [0.1, 0.15) is 0 Å². The predicted octanol–water partition coefficient (Wildman–Crippen LogP) is 1.29. The maximum Gasteiger partial charge on any atom is 0.251 e. The van der Waals surface area contributed by atoms with Crippen molar-refractivity contribution >= 4 is 17.8 Å². The standard InChI is InChI=1S/C22H35N5O3/c1-2-24-21(27-16-22(12-13-28)10-4-3-5-11-22)26-14-17-6-8-18(9-7-17)20(30)25-15-19(23)29/h6-9,28H,2-5,10-16H2,1H3,(H2,23,29)(H,25,30)(H2,24,26,27). The molecule has 1 aliphatic carbocycles. The molecule has 1 aromatic rings. The van der Waals surface area contributed by atoms with Crippen LogP contribution in [0.4, 0.5) is 0 Å². The highest BCUT2D eigenvalue weighted by molar-refractivity contribution is 5.96. The van der Waals surface area contributed by atoms with Crippen molar-refractivity contribution in [3.8, 4) is 0 Å². The molecule has 8 nitrogen and oxygen atoms in total. The fraction of sp³-hybridized carbons (Fsp3) is 0.591. The summed E-state index contributed by atoms with van der Waals surface area (Å²) in [6.07, 6.45) is 6.80. The van der Waals surface area contributed by atoms with Gasteiger partial charge in [0.25, 0.3) is 5.91 Å². The molecule has 0 saturated heterocycles. The number of rotatable bonds is 10. The minimum atomic E-state index is -0.577. The molecule has 30 heavy (non-hydrogen) atoms. The van der Waals surface area contributed by atoms with E-state index >= 15 is 0 Å². The van der Waals surface area contributed by atoms with Gasteiger partial charge in [-0.25, -0.2) is 4.99 Å². The SMILES string of the molecule is CCNC(=NCc1ccc(C(=O)NCC(N)=O)cc1)NCC1(CCO)CCCCC1. The molecular formula is C22H35N5O3. The lowest BCUT2D eigenvalue weighted by Gasteiger charge is -2.37. The molecule has 0 heterocycles. The van der Waals surface area contributed by atoms with Crippen molar-refractivity contribution in [3.63, 3.8) is 0 Å². The number of nitrogens with zero attached hydrogens (tertiary/aromatic N) is 1. The van der Waals surface area contributed by atoms with Crippen molar-refractivity contribution in [3.05, 3.63) is 35.4 Å². The van der Waals surface area contributed by atoms with Gasteiger partial charge in [-0.05, 0) is 49.3 Å². The number of carbonyl (C=O) groups excluding carboxylic acids is 2. The van der Waals surface area contributed by atoms with E-state index in [2.05, 4.69) is 20.9 Å². The molecule has 1 saturated carbocycles. The predicted molar refractivity (Wildman–Crippen MR) is 118 cm³/mol. The van der Waals surface area contributed by atoms with Crippen molar-refractivity contribution in [2.24, 2.45) is 16.1 Å². The Balaban J connectivity index is 1.94. The van der Waals surface area contributed by atoms with E-state index in [0.717, 1.165) is 43.9 Å². The molecule has 0 spiro atoms.